The summed E-state index contributed by atoms with van der Waals surface area (Å²) < 4.78 is 10.8. The van der Waals surface area contributed by atoms with Crippen molar-refractivity contribution in [1.29, 1.82) is 0 Å². The van der Waals surface area contributed by atoms with Gasteiger partial charge in [-0.3, -0.25) is 4.79 Å². The molecule has 2 fully saturated rings. The molecular weight excluding hydrogens is 172 g/mol. The van der Waals surface area contributed by atoms with Gasteiger partial charge in [0, 0.05) is 5.92 Å². The van der Waals surface area contributed by atoms with E-state index in [0.717, 1.165) is 0 Å². The predicted octanol–water partition coefficient (Wildman–Crippen LogP) is 0.0862. The number of ether oxygens (including phenoxy) is 2. The molecule has 1 saturated carbocycles. The SMILES string of the molecule is C[C@H]1C(=O)[C@@H]2OC(C)(C)O[C@@H]2[C@H]1O. The van der Waals surface area contributed by atoms with Gasteiger partial charge in [-0.25, -0.2) is 0 Å². The first kappa shape index (κ1) is 9.12. The quantitative estimate of drug-likeness (QED) is 0.582. The molecule has 0 spiro atoms. The van der Waals surface area contributed by atoms with Crippen LogP contribution in [0, 0.1) is 5.92 Å². The Hall–Kier alpha value is -0.450. The molecule has 2 aliphatic rings. The van der Waals surface area contributed by atoms with Crippen LogP contribution in [-0.4, -0.2) is 35.0 Å². The highest BCUT2D eigenvalue weighted by Crippen LogP contribution is 2.38. The van der Waals surface area contributed by atoms with Gasteiger partial charge in [-0.1, -0.05) is 6.92 Å². The smallest absolute Gasteiger partial charge is 0.169 e. The van der Waals surface area contributed by atoms with Gasteiger partial charge in [0.05, 0.1) is 6.10 Å². The van der Waals surface area contributed by atoms with E-state index in [2.05, 4.69) is 0 Å². The Morgan fingerprint density at radius 3 is 2.54 bits per heavy atom. The van der Waals surface area contributed by atoms with Gasteiger partial charge in [0.2, 0.25) is 0 Å². The lowest BCUT2D eigenvalue weighted by Gasteiger charge is -2.20. The molecule has 74 valence electrons. The van der Waals surface area contributed by atoms with Crippen LogP contribution >= 0.6 is 0 Å². The summed E-state index contributed by atoms with van der Waals surface area (Å²) in [5.41, 5.74) is 0. The molecule has 0 aromatic rings. The summed E-state index contributed by atoms with van der Waals surface area (Å²) in [6.07, 6.45) is -1.77. The molecule has 4 heteroatoms. The average molecular weight is 186 g/mol. The number of rotatable bonds is 0. The zero-order chi connectivity index (χ0) is 9.80. The van der Waals surface area contributed by atoms with Crippen LogP contribution in [0.4, 0.5) is 0 Å². The fraction of sp³-hybridized carbons (Fsp3) is 0.889. The summed E-state index contributed by atoms with van der Waals surface area (Å²) in [5.74, 6) is -1.17. The Bertz CT molecular complexity index is 248. The topological polar surface area (TPSA) is 55.8 Å². The van der Waals surface area contributed by atoms with Crippen LogP contribution in [0.25, 0.3) is 0 Å². The largest absolute Gasteiger partial charge is 0.390 e. The van der Waals surface area contributed by atoms with Crippen LogP contribution in [0.15, 0.2) is 0 Å². The third-order valence-corrected chi connectivity index (χ3v) is 2.71. The normalized spacial score (nSPS) is 48.2. The molecule has 0 radical (unpaired) electrons. The lowest BCUT2D eigenvalue weighted by Crippen LogP contribution is -2.31. The Morgan fingerprint density at radius 1 is 1.38 bits per heavy atom. The molecule has 1 heterocycles. The number of hydrogen-bond donors (Lipinski definition) is 1. The molecule has 0 amide bonds. The van der Waals surface area contributed by atoms with E-state index in [9.17, 15) is 9.90 Å². The van der Waals surface area contributed by atoms with E-state index in [-0.39, 0.29) is 11.7 Å². The Morgan fingerprint density at radius 2 is 2.00 bits per heavy atom. The Labute approximate surface area is 76.8 Å². The van der Waals surface area contributed by atoms with Gasteiger partial charge in [0.25, 0.3) is 0 Å². The number of aliphatic hydroxyl groups excluding tert-OH is 1. The van der Waals surface area contributed by atoms with Crippen LogP contribution < -0.4 is 0 Å². The number of ketones is 1. The van der Waals surface area contributed by atoms with E-state index in [1.807, 2.05) is 0 Å². The van der Waals surface area contributed by atoms with Gasteiger partial charge in [-0.05, 0) is 13.8 Å². The zero-order valence-corrected chi connectivity index (χ0v) is 7.98. The second-order valence-electron chi connectivity index (χ2n) is 4.20. The third-order valence-electron chi connectivity index (χ3n) is 2.71. The molecule has 13 heavy (non-hydrogen) atoms. The summed E-state index contributed by atoms with van der Waals surface area (Å²) in [5, 5.41) is 9.64. The first-order valence-corrected chi connectivity index (χ1v) is 4.50. The van der Waals surface area contributed by atoms with Crippen molar-refractivity contribution in [3.63, 3.8) is 0 Å². The zero-order valence-electron chi connectivity index (χ0n) is 7.98. The standard InChI is InChI=1S/C9H14O4/c1-4-5(10)7-8(6(4)11)13-9(2,3)12-7/h4-5,7-8,10H,1-3H3/t4-,5+,7-,8+/m1/s1. The number of hydrogen-bond acceptors (Lipinski definition) is 4. The lowest BCUT2D eigenvalue weighted by molar-refractivity contribution is -0.171. The van der Waals surface area contributed by atoms with Gasteiger partial charge < -0.3 is 14.6 Å². The van der Waals surface area contributed by atoms with Crippen LogP contribution in [0.5, 0.6) is 0 Å². The van der Waals surface area contributed by atoms with Gasteiger partial charge in [-0.2, -0.15) is 0 Å². The van der Waals surface area contributed by atoms with Crippen LogP contribution in [0.1, 0.15) is 20.8 Å². The molecule has 1 saturated heterocycles. The second kappa shape index (κ2) is 2.53. The van der Waals surface area contributed by atoms with Gasteiger partial charge >= 0.3 is 0 Å². The third kappa shape index (κ3) is 1.21. The summed E-state index contributed by atoms with van der Waals surface area (Å²) in [6, 6.07) is 0. The number of carbonyl (C=O) groups is 1. The predicted molar refractivity (Wildman–Crippen MR) is 44.0 cm³/mol. The van der Waals surface area contributed by atoms with Crippen molar-refractivity contribution in [2.45, 2.75) is 44.9 Å². The molecule has 4 atom stereocenters. The maximum absolute atomic E-state index is 11.5. The minimum absolute atomic E-state index is 0.0527. The molecule has 0 bridgehead atoms. The molecule has 0 unspecified atom stereocenters. The van der Waals surface area contributed by atoms with Crippen molar-refractivity contribution >= 4 is 5.78 Å². The van der Waals surface area contributed by atoms with Gasteiger partial charge in [0.1, 0.15) is 12.2 Å². The number of Topliss-reactive ketones (excluding diaryl/α,β-unsaturated/α-hetero) is 1. The monoisotopic (exact) mass is 186 g/mol. The summed E-state index contributed by atoms with van der Waals surface area (Å²) in [7, 11) is 0. The fourth-order valence-electron chi connectivity index (χ4n) is 1.97. The van der Waals surface area contributed by atoms with E-state index >= 15 is 0 Å². The summed E-state index contributed by atoms with van der Waals surface area (Å²) in [4.78, 5) is 11.5. The highest BCUT2D eigenvalue weighted by Gasteiger charge is 2.56. The maximum atomic E-state index is 11.5. The molecular formula is C9H14O4. The van der Waals surface area contributed by atoms with Gasteiger partial charge in [-0.15, -0.1) is 0 Å². The van der Waals surface area contributed by atoms with Crippen molar-refractivity contribution < 1.29 is 19.4 Å². The Balaban J connectivity index is 2.23. The van der Waals surface area contributed by atoms with Crippen molar-refractivity contribution in [2.24, 2.45) is 5.92 Å². The number of carbonyl (C=O) groups excluding carboxylic acids is 1. The minimum Gasteiger partial charge on any atom is -0.390 e. The summed E-state index contributed by atoms with van der Waals surface area (Å²) >= 11 is 0. The van der Waals surface area contributed by atoms with Gasteiger partial charge in [0.15, 0.2) is 11.6 Å². The Kier molecular flexibility index (Phi) is 1.77. The highest BCUT2D eigenvalue weighted by atomic mass is 16.8. The minimum atomic E-state index is -0.744. The van der Waals surface area contributed by atoms with E-state index < -0.39 is 24.1 Å². The maximum Gasteiger partial charge on any atom is 0.169 e. The van der Waals surface area contributed by atoms with E-state index in [1.165, 1.54) is 0 Å². The van der Waals surface area contributed by atoms with E-state index in [4.69, 9.17) is 9.47 Å². The van der Waals surface area contributed by atoms with E-state index in [0.29, 0.717) is 0 Å². The highest BCUT2D eigenvalue weighted by molar-refractivity contribution is 5.89. The molecule has 1 aliphatic carbocycles. The van der Waals surface area contributed by atoms with E-state index in [1.54, 1.807) is 20.8 Å². The van der Waals surface area contributed by atoms with Crippen LogP contribution in [0.3, 0.4) is 0 Å². The van der Waals surface area contributed by atoms with Crippen molar-refractivity contribution in [3.8, 4) is 0 Å². The molecule has 4 nitrogen and oxygen atoms in total. The molecule has 0 aromatic heterocycles. The van der Waals surface area contributed by atoms with Crippen LogP contribution in [-0.2, 0) is 14.3 Å². The fourth-order valence-corrected chi connectivity index (χ4v) is 1.97. The molecule has 0 aromatic carbocycles. The summed E-state index contributed by atoms with van der Waals surface area (Å²) in [6.45, 7) is 5.19. The molecule has 1 N–H and O–H groups in total. The first-order valence-electron chi connectivity index (χ1n) is 4.50. The molecule has 2 rings (SSSR count). The van der Waals surface area contributed by atoms with Crippen molar-refractivity contribution in [3.05, 3.63) is 0 Å². The molecule has 1 aliphatic heterocycles. The van der Waals surface area contributed by atoms with Crippen molar-refractivity contribution in [2.75, 3.05) is 0 Å². The second-order valence-corrected chi connectivity index (χ2v) is 4.20. The number of aliphatic hydroxyl groups is 1. The average Bonchev–Trinajstić information content (AvgIpc) is 2.44. The lowest BCUT2D eigenvalue weighted by atomic mass is 10.1. The first-order chi connectivity index (χ1) is 5.92. The van der Waals surface area contributed by atoms with Crippen LogP contribution in [0.2, 0.25) is 0 Å². The number of fused-ring (bicyclic) bond motifs is 1. The van der Waals surface area contributed by atoms with Crippen molar-refractivity contribution in [1.82, 2.24) is 0 Å².